The van der Waals surface area contributed by atoms with E-state index in [0.717, 1.165) is 11.8 Å². The van der Waals surface area contributed by atoms with Crippen LogP contribution in [0.5, 0.6) is 0 Å². The Bertz CT molecular complexity index is 141. The second-order valence-corrected chi connectivity index (χ2v) is 5.04. The topological polar surface area (TPSA) is 0 Å². The fraction of sp³-hybridized carbons (Fsp3) is 1.00. The van der Waals surface area contributed by atoms with Gasteiger partial charge >= 0.3 is 0 Å². The number of nitrogens with zero attached hydrogens (tertiary/aromatic N) is 1. The van der Waals surface area contributed by atoms with E-state index in [2.05, 4.69) is 27.8 Å². The molecule has 0 aromatic rings. The third-order valence-corrected chi connectivity index (χ3v) is 3.83. The zero-order chi connectivity index (χ0) is 9.90. The van der Waals surface area contributed by atoms with E-state index < -0.39 is 0 Å². The van der Waals surface area contributed by atoms with Crippen molar-refractivity contribution >= 4 is 0 Å². The van der Waals surface area contributed by atoms with E-state index in [0.29, 0.717) is 0 Å². The van der Waals surface area contributed by atoms with Crippen molar-refractivity contribution in [3.8, 4) is 0 Å². The average molecular weight is 184 g/mol. The Hall–Kier alpha value is -0.0400. The lowest BCUT2D eigenvalue weighted by atomic mass is 9.92. The molecule has 0 unspecified atom stereocenters. The molecular weight excluding hydrogens is 158 g/mol. The molecule has 0 bridgehead atoms. The van der Waals surface area contributed by atoms with Gasteiger partial charge < -0.3 is 4.48 Å². The van der Waals surface area contributed by atoms with Crippen molar-refractivity contribution in [3.05, 3.63) is 0 Å². The summed E-state index contributed by atoms with van der Waals surface area (Å²) in [7, 11) is 2.45. The van der Waals surface area contributed by atoms with E-state index >= 15 is 0 Å². The van der Waals surface area contributed by atoms with E-state index in [9.17, 15) is 0 Å². The molecule has 1 rings (SSSR count). The molecule has 0 radical (unpaired) electrons. The Labute approximate surface area is 83.7 Å². The molecule has 0 amide bonds. The molecule has 78 valence electrons. The fourth-order valence-electron chi connectivity index (χ4n) is 3.15. The first kappa shape index (κ1) is 11.0. The van der Waals surface area contributed by atoms with Gasteiger partial charge in [-0.05, 0) is 19.3 Å². The van der Waals surface area contributed by atoms with Crippen molar-refractivity contribution in [1.82, 2.24) is 0 Å². The molecule has 0 spiro atoms. The normalized spacial score (nSPS) is 32.3. The van der Waals surface area contributed by atoms with Crippen LogP contribution in [0.3, 0.4) is 0 Å². The van der Waals surface area contributed by atoms with Crippen molar-refractivity contribution in [2.24, 2.45) is 11.8 Å². The highest BCUT2D eigenvalue weighted by Crippen LogP contribution is 2.32. The van der Waals surface area contributed by atoms with E-state index in [1.165, 1.54) is 43.4 Å². The SMILES string of the molecule is CCC[N+]1(C)C[C@@H](CC)[C@H](CC)C1. The summed E-state index contributed by atoms with van der Waals surface area (Å²) >= 11 is 0. The van der Waals surface area contributed by atoms with Gasteiger partial charge in [0, 0.05) is 11.8 Å². The van der Waals surface area contributed by atoms with Crippen LogP contribution in [-0.4, -0.2) is 31.2 Å². The molecule has 0 N–H and O–H groups in total. The maximum Gasteiger partial charge on any atom is 0.0818 e. The van der Waals surface area contributed by atoms with Crippen molar-refractivity contribution in [2.75, 3.05) is 26.7 Å². The highest BCUT2D eigenvalue weighted by Gasteiger charge is 2.39. The second kappa shape index (κ2) is 4.45. The van der Waals surface area contributed by atoms with Gasteiger partial charge in [-0.3, -0.25) is 0 Å². The van der Waals surface area contributed by atoms with Gasteiger partial charge in [-0.2, -0.15) is 0 Å². The summed E-state index contributed by atoms with van der Waals surface area (Å²) < 4.78 is 1.34. The summed E-state index contributed by atoms with van der Waals surface area (Å²) in [5.74, 6) is 2.00. The van der Waals surface area contributed by atoms with E-state index in [1.54, 1.807) is 0 Å². The summed E-state index contributed by atoms with van der Waals surface area (Å²) in [6.45, 7) is 11.3. The smallest absolute Gasteiger partial charge is 0.0818 e. The molecular formula is C12H26N+. The van der Waals surface area contributed by atoms with Crippen molar-refractivity contribution < 1.29 is 4.48 Å². The molecule has 0 aromatic heterocycles. The molecule has 1 aliphatic heterocycles. The number of hydrogen-bond donors (Lipinski definition) is 0. The summed E-state index contributed by atoms with van der Waals surface area (Å²) in [6.07, 6.45) is 4.11. The molecule has 1 saturated heterocycles. The number of rotatable bonds is 4. The summed E-state index contributed by atoms with van der Waals surface area (Å²) in [4.78, 5) is 0. The molecule has 0 aromatic carbocycles. The van der Waals surface area contributed by atoms with Gasteiger partial charge in [-0.15, -0.1) is 0 Å². The molecule has 2 atom stereocenters. The van der Waals surface area contributed by atoms with Crippen LogP contribution < -0.4 is 0 Å². The lowest BCUT2D eigenvalue weighted by Crippen LogP contribution is -2.42. The van der Waals surface area contributed by atoms with Gasteiger partial charge in [0.15, 0.2) is 0 Å². The Morgan fingerprint density at radius 1 is 1.00 bits per heavy atom. The van der Waals surface area contributed by atoms with Gasteiger partial charge in [0.05, 0.1) is 26.7 Å². The van der Waals surface area contributed by atoms with Gasteiger partial charge in [0.25, 0.3) is 0 Å². The second-order valence-electron chi connectivity index (χ2n) is 5.04. The standard InChI is InChI=1S/C12H26N/c1-5-8-13(4)9-11(6-2)12(7-3)10-13/h11-12H,5-10H2,1-4H3/q+1/t11-,12-/m1/s1. The maximum absolute atomic E-state index is 2.45. The lowest BCUT2D eigenvalue weighted by molar-refractivity contribution is -0.900. The van der Waals surface area contributed by atoms with Crippen LogP contribution in [0.2, 0.25) is 0 Å². The van der Waals surface area contributed by atoms with Crippen LogP contribution in [0.1, 0.15) is 40.0 Å². The van der Waals surface area contributed by atoms with Crippen LogP contribution in [-0.2, 0) is 0 Å². The largest absolute Gasteiger partial charge is 0.326 e. The number of quaternary nitrogens is 1. The summed E-state index contributed by atoms with van der Waals surface area (Å²) in [6, 6.07) is 0. The zero-order valence-electron chi connectivity index (χ0n) is 9.84. The van der Waals surface area contributed by atoms with E-state index in [-0.39, 0.29) is 0 Å². The first-order valence-corrected chi connectivity index (χ1v) is 5.98. The van der Waals surface area contributed by atoms with E-state index in [1.807, 2.05) is 0 Å². The molecule has 1 heteroatoms. The van der Waals surface area contributed by atoms with Crippen LogP contribution in [0.25, 0.3) is 0 Å². The van der Waals surface area contributed by atoms with Crippen LogP contribution in [0.4, 0.5) is 0 Å². The molecule has 1 aliphatic rings. The van der Waals surface area contributed by atoms with Crippen LogP contribution in [0.15, 0.2) is 0 Å². The maximum atomic E-state index is 2.45. The summed E-state index contributed by atoms with van der Waals surface area (Å²) in [5.41, 5.74) is 0. The Kier molecular flexibility index (Phi) is 3.78. The summed E-state index contributed by atoms with van der Waals surface area (Å²) in [5, 5.41) is 0. The predicted molar refractivity (Wildman–Crippen MR) is 58.6 cm³/mol. The van der Waals surface area contributed by atoms with Crippen LogP contribution in [0, 0.1) is 11.8 Å². The number of hydrogen-bond acceptors (Lipinski definition) is 0. The molecule has 0 aliphatic carbocycles. The number of likely N-dealkylation sites (tertiary alicyclic amines) is 1. The zero-order valence-corrected chi connectivity index (χ0v) is 9.84. The molecule has 1 fully saturated rings. The highest BCUT2D eigenvalue weighted by molar-refractivity contribution is 4.74. The third-order valence-electron chi connectivity index (χ3n) is 3.83. The fourth-order valence-corrected chi connectivity index (χ4v) is 3.15. The highest BCUT2D eigenvalue weighted by atomic mass is 15.3. The van der Waals surface area contributed by atoms with Crippen LogP contribution >= 0.6 is 0 Å². The van der Waals surface area contributed by atoms with Crippen molar-refractivity contribution in [2.45, 2.75) is 40.0 Å². The first-order valence-electron chi connectivity index (χ1n) is 5.98. The van der Waals surface area contributed by atoms with Crippen molar-refractivity contribution in [1.29, 1.82) is 0 Å². The van der Waals surface area contributed by atoms with Gasteiger partial charge in [-0.1, -0.05) is 20.8 Å². The average Bonchev–Trinajstić information content (AvgIpc) is 2.43. The van der Waals surface area contributed by atoms with Gasteiger partial charge in [-0.25, -0.2) is 0 Å². The molecule has 1 heterocycles. The van der Waals surface area contributed by atoms with E-state index in [4.69, 9.17) is 0 Å². The minimum Gasteiger partial charge on any atom is -0.326 e. The Morgan fingerprint density at radius 3 is 1.77 bits per heavy atom. The third kappa shape index (κ3) is 2.46. The minimum absolute atomic E-state index is 1.00. The van der Waals surface area contributed by atoms with Gasteiger partial charge in [0.2, 0.25) is 0 Å². The van der Waals surface area contributed by atoms with Gasteiger partial charge in [0.1, 0.15) is 0 Å². The van der Waals surface area contributed by atoms with Crippen molar-refractivity contribution in [3.63, 3.8) is 0 Å². The Morgan fingerprint density at radius 2 is 1.46 bits per heavy atom. The quantitative estimate of drug-likeness (QED) is 0.589. The monoisotopic (exact) mass is 184 g/mol. The molecule has 13 heavy (non-hydrogen) atoms. The predicted octanol–water partition coefficient (Wildman–Crippen LogP) is 2.91. The minimum atomic E-state index is 1.00. The lowest BCUT2D eigenvalue weighted by Gasteiger charge is -2.29. The molecule has 0 saturated carbocycles. The Balaban J connectivity index is 2.55. The molecule has 1 nitrogen and oxygen atoms in total. The first-order chi connectivity index (χ1) is 6.15.